The number of rotatable bonds is 7. The number of carbonyl (C=O) groups is 1. The zero-order valence-electron chi connectivity index (χ0n) is 19.9. The van der Waals surface area contributed by atoms with Gasteiger partial charge in [0.1, 0.15) is 5.75 Å². The maximum Gasteiger partial charge on any atom is 0.416 e. The third-order valence-corrected chi connectivity index (χ3v) is 6.02. The first kappa shape index (κ1) is 25.4. The van der Waals surface area contributed by atoms with Gasteiger partial charge in [0.15, 0.2) is 11.5 Å². The fraction of sp³-hybridized carbons (Fsp3) is 0.346. The van der Waals surface area contributed by atoms with Gasteiger partial charge in [0.25, 0.3) is 5.91 Å². The van der Waals surface area contributed by atoms with Crippen molar-refractivity contribution in [2.45, 2.75) is 26.1 Å². The summed E-state index contributed by atoms with van der Waals surface area (Å²) in [7, 11) is 0. The van der Waals surface area contributed by atoms with E-state index in [1.807, 2.05) is 11.8 Å². The van der Waals surface area contributed by atoms with Gasteiger partial charge in [0.2, 0.25) is 0 Å². The maximum atomic E-state index is 13.6. The number of phenolic OH excluding ortho intramolecular Hbond substituents is 1. The van der Waals surface area contributed by atoms with Gasteiger partial charge in [-0.1, -0.05) is 19.1 Å². The maximum absolute atomic E-state index is 13.6. The minimum Gasteiger partial charge on any atom is -0.508 e. The zero-order valence-corrected chi connectivity index (χ0v) is 19.9. The monoisotopic (exact) mass is 499 g/mol. The molecular weight excluding hydrogens is 471 g/mol. The topological polar surface area (TPSA) is 81.6 Å². The first-order valence-electron chi connectivity index (χ1n) is 11.8. The molecule has 190 valence electrons. The Bertz CT molecular complexity index is 1190. The molecule has 0 bridgehead atoms. The highest BCUT2D eigenvalue weighted by Crippen LogP contribution is 2.34. The Balaban J connectivity index is 1.42. The Morgan fingerprint density at radius 1 is 1.00 bits per heavy atom. The highest BCUT2D eigenvalue weighted by molar-refractivity contribution is 5.92. The number of hydrogen-bond donors (Lipinski definition) is 2. The van der Waals surface area contributed by atoms with Crippen molar-refractivity contribution in [2.24, 2.45) is 0 Å². The third-order valence-electron chi connectivity index (χ3n) is 6.02. The molecule has 0 unspecified atom stereocenters. The summed E-state index contributed by atoms with van der Waals surface area (Å²) < 4.78 is 40.8. The molecule has 1 saturated heterocycles. The summed E-state index contributed by atoms with van der Waals surface area (Å²) in [6, 6.07) is 13.7. The van der Waals surface area contributed by atoms with Gasteiger partial charge in [-0.2, -0.15) is 13.2 Å². The molecule has 0 aliphatic carbocycles. The summed E-state index contributed by atoms with van der Waals surface area (Å²) in [5.74, 6) is 0.402. The van der Waals surface area contributed by atoms with Crippen LogP contribution in [0, 0.1) is 0 Å². The Labute approximate surface area is 207 Å². The zero-order chi connectivity index (χ0) is 25.7. The third kappa shape index (κ3) is 6.31. The van der Waals surface area contributed by atoms with E-state index < -0.39 is 11.7 Å². The average Bonchev–Trinajstić information content (AvgIpc) is 2.87. The van der Waals surface area contributed by atoms with E-state index in [1.54, 1.807) is 30.3 Å². The van der Waals surface area contributed by atoms with Gasteiger partial charge in [-0.15, -0.1) is 10.2 Å². The van der Waals surface area contributed by atoms with Crippen molar-refractivity contribution >= 4 is 11.7 Å². The lowest BCUT2D eigenvalue weighted by Gasteiger charge is -2.35. The standard InChI is InChI=1S/C26H28F3N5O2/c1-2-8-30-25(36)23-6-7-24(32-31-23)34-11-9-33(10-12-34)17-18-13-20(15-21(14-18)26(27,28)29)19-4-3-5-22(35)16-19/h3-7,13-16,35H,2,8-12,17H2,1H3,(H,30,36). The number of benzene rings is 2. The molecule has 1 amide bonds. The van der Waals surface area contributed by atoms with Crippen LogP contribution in [0.3, 0.4) is 0 Å². The summed E-state index contributed by atoms with van der Waals surface area (Å²) in [6.45, 7) is 5.45. The van der Waals surface area contributed by atoms with Gasteiger partial charge >= 0.3 is 6.18 Å². The van der Waals surface area contributed by atoms with Crippen LogP contribution >= 0.6 is 0 Å². The Kier molecular flexibility index (Phi) is 7.73. The van der Waals surface area contributed by atoms with Crippen LogP contribution in [0.2, 0.25) is 0 Å². The fourth-order valence-corrected chi connectivity index (χ4v) is 4.14. The van der Waals surface area contributed by atoms with Crippen molar-refractivity contribution < 1.29 is 23.1 Å². The number of amides is 1. The predicted octanol–water partition coefficient (Wildman–Crippen LogP) is 4.33. The first-order valence-corrected chi connectivity index (χ1v) is 11.8. The molecule has 36 heavy (non-hydrogen) atoms. The van der Waals surface area contributed by atoms with Crippen LogP contribution in [-0.2, 0) is 12.7 Å². The average molecular weight is 500 g/mol. The highest BCUT2D eigenvalue weighted by atomic mass is 19.4. The van der Waals surface area contributed by atoms with Crippen LogP contribution in [0.5, 0.6) is 5.75 Å². The van der Waals surface area contributed by atoms with E-state index in [9.17, 15) is 23.1 Å². The number of phenols is 1. The number of hydrogen-bond acceptors (Lipinski definition) is 6. The second-order valence-electron chi connectivity index (χ2n) is 8.76. The van der Waals surface area contributed by atoms with E-state index in [-0.39, 0.29) is 17.4 Å². The second-order valence-corrected chi connectivity index (χ2v) is 8.76. The molecule has 2 heterocycles. The SMILES string of the molecule is CCCNC(=O)c1ccc(N2CCN(Cc3cc(-c4cccc(O)c4)cc(C(F)(F)F)c3)CC2)nn1. The Hall–Kier alpha value is -3.66. The summed E-state index contributed by atoms with van der Waals surface area (Å²) in [6.07, 6.45) is -3.64. The smallest absolute Gasteiger partial charge is 0.416 e. The number of piperazine rings is 1. The molecule has 2 N–H and O–H groups in total. The summed E-state index contributed by atoms with van der Waals surface area (Å²) in [4.78, 5) is 16.1. The molecule has 1 aliphatic heterocycles. The lowest BCUT2D eigenvalue weighted by atomic mass is 9.99. The number of carbonyl (C=O) groups excluding carboxylic acids is 1. The van der Waals surface area contributed by atoms with Crippen LogP contribution in [0.15, 0.2) is 54.6 Å². The van der Waals surface area contributed by atoms with Crippen molar-refractivity contribution in [3.8, 4) is 16.9 Å². The van der Waals surface area contributed by atoms with Crippen LogP contribution in [0.25, 0.3) is 11.1 Å². The molecule has 2 aromatic carbocycles. The van der Waals surface area contributed by atoms with Gasteiger partial charge in [-0.25, -0.2) is 0 Å². The molecule has 0 spiro atoms. The number of alkyl halides is 3. The molecule has 1 fully saturated rings. The molecule has 0 saturated carbocycles. The Morgan fingerprint density at radius 2 is 1.78 bits per heavy atom. The summed E-state index contributed by atoms with van der Waals surface area (Å²) in [5.41, 5.74) is 1.04. The van der Waals surface area contributed by atoms with Crippen molar-refractivity contribution in [1.82, 2.24) is 20.4 Å². The van der Waals surface area contributed by atoms with E-state index in [1.165, 1.54) is 18.2 Å². The van der Waals surface area contributed by atoms with Crippen LogP contribution in [0.4, 0.5) is 19.0 Å². The largest absolute Gasteiger partial charge is 0.508 e. The lowest BCUT2D eigenvalue weighted by molar-refractivity contribution is -0.137. The molecule has 0 radical (unpaired) electrons. The van der Waals surface area contributed by atoms with Crippen molar-refractivity contribution in [1.29, 1.82) is 0 Å². The highest BCUT2D eigenvalue weighted by Gasteiger charge is 2.31. The van der Waals surface area contributed by atoms with Crippen molar-refractivity contribution in [2.75, 3.05) is 37.6 Å². The molecule has 4 rings (SSSR count). The second kappa shape index (κ2) is 10.9. The number of anilines is 1. The molecule has 1 aromatic heterocycles. The van der Waals surface area contributed by atoms with E-state index in [0.717, 1.165) is 12.5 Å². The van der Waals surface area contributed by atoms with Gasteiger partial charge in [-0.05, 0) is 65.6 Å². The van der Waals surface area contributed by atoms with Crippen LogP contribution in [-0.4, -0.2) is 58.8 Å². The van der Waals surface area contributed by atoms with Crippen molar-refractivity contribution in [3.63, 3.8) is 0 Å². The van der Waals surface area contributed by atoms with Gasteiger partial charge in [0, 0.05) is 39.3 Å². The number of aromatic hydroxyl groups is 1. The van der Waals surface area contributed by atoms with Gasteiger partial charge in [-0.3, -0.25) is 9.69 Å². The molecule has 0 atom stereocenters. The van der Waals surface area contributed by atoms with Crippen LogP contribution in [0.1, 0.15) is 35.0 Å². The summed E-state index contributed by atoms with van der Waals surface area (Å²) >= 11 is 0. The molecule has 1 aliphatic rings. The number of nitrogens with zero attached hydrogens (tertiary/aromatic N) is 4. The lowest BCUT2D eigenvalue weighted by Crippen LogP contribution is -2.46. The minimum atomic E-state index is -4.47. The Morgan fingerprint density at radius 3 is 2.42 bits per heavy atom. The molecule has 3 aromatic rings. The van der Waals surface area contributed by atoms with Gasteiger partial charge in [0.05, 0.1) is 5.56 Å². The predicted molar refractivity (Wildman–Crippen MR) is 131 cm³/mol. The van der Waals surface area contributed by atoms with Crippen molar-refractivity contribution in [3.05, 3.63) is 71.4 Å². The normalized spacial score (nSPS) is 14.6. The first-order chi connectivity index (χ1) is 17.2. The van der Waals surface area contributed by atoms with E-state index >= 15 is 0 Å². The number of aromatic nitrogens is 2. The van der Waals surface area contributed by atoms with E-state index in [4.69, 9.17) is 0 Å². The van der Waals surface area contributed by atoms with E-state index in [2.05, 4.69) is 20.4 Å². The summed E-state index contributed by atoms with van der Waals surface area (Å²) in [5, 5.41) is 20.7. The fourth-order valence-electron chi connectivity index (χ4n) is 4.14. The molecule has 7 nitrogen and oxygen atoms in total. The molecular formula is C26H28F3N5O2. The van der Waals surface area contributed by atoms with E-state index in [0.29, 0.717) is 61.8 Å². The molecule has 10 heteroatoms. The minimum absolute atomic E-state index is 0.000282. The van der Waals surface area contributed by atoms with Gasteiger partial charge < -0.3 is 15.3 Å². The quantitative estimate of drug-likeness (QED) is 0.504. The van der Waals surface area contributed by atoms with Crippen LogP contribution < -0.4 is 10.2 Å². The number of halogens is 3. The number of nitrogens with one attached hydrogen (secondary N) is 1.